The van der Waals surface area contributed by atoms with E-state index in [1.165, 1.54) is 29.0 Å². The van der Waals surface area contributed by atoms with Crippen LogP contribution in [0.1, 0.15) is 39.8 Å². The number of aromatic nitrogens is 1. The van der Waals surface area contributed by atoms with Crippen LogP contribution in [-0.2, 0) is 12.8 Å². The lowest BCUT2D eigenvalue weighted by atomic mass is 9.87. The molecule has 0 bridgehead atoms. The van der Waals surface area contributed by atoms with Crippen molar-refractivity contribution in [3.8, 4) is 0 Å². The zero-order valence-electron chi connectivity index (χ0n) is 14.7. The van der Waals surface area contributed by atoms with E-state index in [0.717, 1.165) is 40.7 Å². The van der Waals surface area contributed by atoms with E-state index in [2.05, 4.69) is 18.3 Å². The molecule has 0 aliphatic heterocycles. The lowest BCUT2D eigenvalue weighted by molar-refractivity contribution is 0.103. The number of anilines is 2. The first-order valence-corrected chi connectivity index (χ1v) is 9.52. The summed E-state index contributed by atoms with van der Waals surface area (Å²) in [7, 11) is 0. The molecule has 134 valence electrons. The average Bonchev–Trinajstić information content (AvgIpc) is 2.92. The number of benzene rings is 1. The van der Waals surface area contributed by atoms with Crippen molar-refractivity contribution < 1.29 is 9.18 Å². The lowest BCUT2D eigenvalue weighted by Gasteiger charge is -2.20. The Hall–Kier alpha value is -2.47. The fourth-order valence-corrected chi connectivity index (χ4v) is 4.44. The van der Waals surface area contributed by atoms with Gasteiger partial charge in [0.2, 0.25) is 0 Å². The Balaban J connectivity index is 1.71. The summed E-state index contributed by atoms with van der Waals surface area (Å²) < 4.78 is 13.5. The Labute approximate surface area is 155 Å². The fourth-order valence-electron chi connectivity index (χ4n) is 3.45. The molecule has 1 atom stereocenters. The van der Waals surface area contributed by atoms with Gasteiger partial charge in [-0.1, -0.05) is 13.0 Å². The van der Waals surface area contributed by atoms with Crippen molar-refractivity contribution in [1.29, 1.82) is 0 Å². The summed E-state index contributed by atoms with van der Waals surface area (Å²) in [6.07, 6.45) is 3.10. The molecule has 1 aromatic carbocycles. The van der Waals surface area contributed by atoms with Gasteiger partial charge in [-0.2, -0.15) is 0 Å². The number of nitrogens with two attached hydrogens (primary N) is 1. The average molecular weight is 369 g/mol. The number of carbonyl (C=O) groups is 1. The van der Waals surface area contributed by atoms with E-state index in [0.29, 0.717) is 22.2 Å². The van der Waals surface area contributed by atoms with Crippen LogP contribution in [0.15, 0.2) is 24.3 Å². The molecular weight excluding hydrogens is 349 g/mol. The first kappa shape index (κ1) is 17.0. The third-order valence-corrected chi connectivity index (χ3v) is 6.10. The van der Waals surface area contributed by atoms with Crippen molar-refractivity contribution in [1.82, 2.24) is 4.98 Å². The monoisotopic (exact) mass is 369 g/mol. The van der Waals surface area contributed by atoms with E-state index in [1.54, 1.807) is 6.07 Å². The SMILES string of the molecule is Cc1ccc(F)cc1NC(=O)c1sc2nc3c(cc2c1N)CC(C)CC3. The second-order valence-electron chi connectivity index (χ2n) is 7.05. The molecule has 1 unspecified atom stereocenters. The minimum absolute atomic E-state index is 0.328. The normalized spacial score (nSPS) is 16.5. The van der Waals surface area contributed by atoms with Crippen molar-refractivity contribution >= 4 is 38.8 Å². The Morgan fingerprint density at radius 2 is 2.19 bits per heavy atom. The molecule has 0 fully saturated rings. The lowest BCUT2D eigenvalue weighted by Crippen LogP contribution is -2.13. The first-order chi connectivity index (χ1) is 12.4. The van der Waals surface area contributed by atoms with Crippen molar-refractivity contribution in [2.45, 2.75) is 33.1 Å². The molecule has 6 heteroatoms. The van der Waals surface area contributed by atoms with E-state index >= 15 is 0 Å². The number of hydrogen-bond donors (Lipinski definition) is 2. The third-order valence-electron chi connectivity index (χ3n) is 4.99. The van der Waals surface area contributed by atoms with Crippen LogP contribution in [0.3, 0.4) is 0 Å². The van der Waals surface area contributed by atoms with E-state index < -0.39 is 5.82 Å². The Morgan fingerprint density at radius 3 is 3.00 bits per heavy atom. The molecule has 3 aromatic rings. The quantitative estimate of drug-likeness (QED) is 0.688. The molecule has 1 amide bonds. The molecule has 0 radical (unpaired) electrons. The predicted octanol–water partition coefficient (Wildman–Crippen LogP) is 4.70. The smallest absolute Gasteiger partial charge is 0.267 e. The molecule has 2 aromatic heterocycles. The molecule has 1 aliphatic carbocycles. The van der Waals surface area contributed by atoms with E-state index in [4.69, 9.17) is 10.7 Å². The summed E-state index contributed by atoms with van der Waals surface area (Å²) in [5.74, 6) is -0.0791. The maximum Gasteiger partial charge on any atom is 0.267 e. The van der Waals surface area contributed by atoms with Crippen LogP contribution in [0.25, 0.3) is 10.2 Å². The van der Waals surface area contributed by atoms with Gasteiger partial charge in [-0.25, -0.2) is 9.37 Å². The summed E-state index contributed by atoms with van der Waals surface area (Å²) >= 11 is 1.29. The number of carbonyl (C=O) groups excluding carboxylic acids is 1. The molecule has 26 heavy (non-hydrogen) atoms. The molecule has 0 saturated carbocycles. The highest BCUT2D eigenvalue weighted by Crippen LogP contribution is 2.36. The number of hydrogen-bond acceptors (Lipinski definition) is 4. The highest BCUT2D eigenvalue weighted by Gasteiger charge is 2.22. The summed E-state index contributed by atoms with van der Waals surface area (Å²) in [5, 5.41) is 3.61. The molecule has 4 nitrogen and oxygen atoms in total. The largest absolute Gasteiger partial charge is 0.397 e. The zero-order valence-corrected chi connectivity index (χ0v) is 15.5. The fraction of sp³-hybridized carbons (Fsp3) is 0.300. The number of rotatable bonds is 2. The first-order valence-electron chi connectivity index (χ1n) is 8.70. The molecule has 1 aliphatic rings. The Kier molecular flexibility index (Phi) is 4.15. The summed E-state index contributed by atoms with van der Waals surface area (Å²) in [6, 6.07) is 6.41. The van der Waals surface area contributed by atoms with E-state index in [1.807, 2.05) is 6.92 Å². The molecule has 0 spiro atoms. The highest BCUT2D eigenvalue weighted by molar-refractivity contribution is 7.21. The number of halogens is 1. The number of nitrogens with one attached hydrogen (secondary N) is 1. The second kappa shape index (κ2) is 6.36. The molecule has 2 heterocycles. The maximum atomic E-state index is 13.5. The van der Waals surface area contributed by atoms with Crippen LogP contribution in [0.5, 0.6) is 0 Å². The van der Waals surface area contributed by atoms with Gasteiger partial charge in [0.15, 0.2) is 0 Å². The highest BCUT2D eigenvalue weighted by atomic mass is 32.1. The number of nitrogen functional groups attached to an aromatic ring is 1. The standard InChI is InChI=1S/C20H20FN3OS/c1-10-3-6-15-12(7-10)8-14-17(22)18(26-20(14)24-15)19(25)23-16-9-13(21)5-4-11(16)2/h4-5,8-10H,3,6-7,22H2,1-2H3,(H,23,25). The Bertz CT molecular complexity index is 1030. The minimum atomic E-state index is -0.390. The summed E-state index contributed by atoms with van der Waals surface area (Å²) in [4.78, 5) is 18.7. The van der Waals surface area contributed by atoms with Gasteiger partial charge in [-0.05, 0) is 61.4 Å². The van der Waals surface area contributed by atoms with Crippen LogP contribution in [0.4, 0.5) is 15.8 Å². The van der Waals surface area contributed by atoms with E-state index in [9.17, 15) is 9.18 Å². The summed E-state index contributed by atoms with van der Waals surface area (Å²) in [6.45, 7) is 4.06. The number of aryl methyl sites for hydroxylation is 2. The van der Waals surface area contributed by atoms with Crippen LogP contribution in [0.2, 0.25) is 0 Å². The molecule has 0 saturated heterocycles. The Morgan fingerprint density at radius 1 is 1.38 bits per heavy atom. The predicted molar refractivity (Wildman–Crippen MR) is 104 cm³/mol. The third kappa shape index (κ3) is 2.94. The second-order valence-corrected chi connectivity index (χ2v) is 8.05. The van der Waals surface area contributed by atoms with Gasteiger partial charge < -0.3 is 11.1 Å². The van der Waals surface area contributed by atoms with Crippen LogP contribution >= 0.6 is 11.3 Å². The van der Waals surface area contributed by atoms with Gasteiger partial charge in [0.25, 0.3) is 5.91 Å². The van der Waals surface area contributed by atoms with Crippen LogP contribution in [0, 0.1) is 18.7 Å². The van der Waals surface area contributed by atoms with Gasteiger partial charge in [0.05, 0.1) is 5.69 Å². The van der Waals surface area contributed by atoms with Gasteiger partial charge in [-0.15, -0.1) is 11.3 Å². The summed E-state index contributed by atoms with van der Waals surface area (Å²) in [5.41, 5.74) is 10.3. The number of nitrogens with zero attached hydrogens (tertiary/aromatic N) is 1. The molecule has 3 N–H and O–H groups in total. The van der Waals surface area contributed by atoms with Crippen LogP contribution < -0.4 is 11.1 Å². The molecule has 4 rings (SSSR count). The number of thiophene rings is 1. The van der Waals surface area contributed by atoms with Crippen molar-refractivity contribution in [2.24, 2.45) is 5.92 Å². The number of pyridine rings is 1. The van der Waals surface area contributed by atoms with Gasteiger partial charge in [-0.3, -0.25) is 4.79 Å². The molecular formula is C20H20FN3OS. The van der Waals surface area contributed by atoms with Gasteiger partial charge >= 0.3 is 0 Å². The van der Waals surface area contributed by atoms with E-state index in [-0.39, 0.29) is 5.91 Å². The number of fused-ring (bicyclic) bond motifs is 2. The maximum absolute atomic E-state index is 13.5. The van der Waals surface area contributed by atoms with Crippen LogP contribution in [-0.4, -0.2) is 10.9 Å². The van der Waals surface area contributed by atoms with Crippen molar-refractivity contribution in [3.63, 3.8) is 0 Å². The van der Waals surface area contributed by atoms with Gasteiger partial charge in [0, 0.05) is 16.8 Å². The van der Waals surface area contributed by atoms with Crippen molar-refractivity contribution in [2.75, 3.05) is 11.1 Å². The topological polar surface area (TPSA) is 68.0 Å². The van der Waals surface area contributed by atoms with Gasteiger partial charge in [0.1, 0.15) is 15.5 Å². The zero-order chi connectivity index (χ0) is 18.4. The number of amides is 1. The minimum Gasteiger partial charge on any atom is -0.397 e. The van der Waals surface area contributed by atoms with Crippen molar-refractivity contribution in [3.05, 3.63) is 51.8 Å².